The first-order valence-electron chi connectivity index (χ1n) is 20.4. The molecular weight excluding hydrogens is 704 g/mol. The molecule has 0 radical (unpaired) electrons. The van der Waals surface area contributed by atoms with E-state index in [-0.39, 0.29) is 29.3 Å². The van der Waals surface area contributed by atoms with E-state index in [9.17, 15) is 40.9 Å². The second-order valence-corrected chi connectivity index (χ2v) is 18.5. The highest BCUT2D eigenvalue weighted by atomic mass is 16.7. The van der Waals surface area contributed by atoms with Crippen LogP contribution in [0.3, 0.4) is 0 Å². The lowest BCUT2D eigenvalue weighted by molar-refractivity contribution is -0.324. The fourth-order valence-electron chi connectivity index (χ4n) is 12.5. The topological polar surface area (TPSA) is 217 Å². The molecule has 3 heterocycles. The van der Waals surface area contributed by atoms with E-state index in [1.165, 1.54) is 0 Å². The molecule has 3 saturated heterocycles. The molecule has 310 valence electrons. The van der Waals surface area contributed by atoms with Crippen LogP contribution in [-0.4, -0.2) is 147 Å². The van der Waals surface area contributed by atoms with E-state index >= 15 is 0 Å². The summed E-state index contributed by atoms with van der Waals surface area (Å²) in [5, 5.41) is 83.1. The van der Waals surface area contributed by atoms with Crippen LogP contribution >= 0.6 is 0 Å². The summed E-state index contributed by atoms with van der Waals surface area (Å²) in [5.74, 6) is 0.748. The van der Waals surface area contributed by atoms with Gasteiger partial charge in [0.2, 0.25) is 0 Å². The highest BCUT2D eigenvalue weighted by Crippen LogP contribution is 2.70. The van der Waals surface area contributed by atoms with Crippen LogP contribution < -0.4 is 0 Å². The van der Waals surface area contributed by atoms with Crippen LogP contribution in [0.15, 0.2) is 11.6 Å². The standard InChI is InChI=1S/C40H66O14/c1-18(17-50-36-34(47)32(45)30(43)20(3)51-36)9-12-40(49-6)19(2)29-26(54-40)15-25-23-8-7-21-13-22(42)14-28(39(21,5)24(23)10-11-38(25,29)4)53-37-35(48)33(46)31(44)27(16-41)52-37/h7,18-20,22-37,41-48H,8-17H2,1-6H3/t18-,19+,20+,22-,23-,24+,25+,26+,27-,28-,29+,30+,31+,32-,33+,34-,35-,36-,37+,38+,39+,40-/m1/s1. The number of aliphatic hydroxyl groups excluding tert-OH is 8. The van der Waals surface area contributed by atoms with Gasteiger partial charge in [0.25, 0.3) is 0 Å². The minimum atomic E-state index is -1.54. The quantitative estimate of drug-likeness (QED) is 0.145. The van der Waals surface area contributed by atoms with Crippen molar-refractivity contribution in [2.75, 3.05) is 20.3 Å². The van der Waals surface area contributed by atoms with Crippen LogP contribution in [0.25, 0.3) is 0 Å². The van der Waals surface area contributed by atoms with Gasteiger partial charge >= 0.3 is 0 Å². The maximum Gasteiger partial charge on any atom is 0.187 e. The highest BCUT2D eigenvalue weighted by molar-refractivity contribution is 5.28. The maximum absolute atomic E-state index is 11.0. The average Bonchev–Trinajstić information content (AvgIpc) is 3.60. The molecule has 22 atom stereocenters. The Kier molecular flexibility index (Phi) is 11.8. The second kappa shape index (κ2) is 15.4. The van der Waals surface area contributed by atoms with Crippen molar-refractivity contribution < 1.29 is 69.3 Å². The SMILES string of the molecule is CO[C@]1(CC[C@@H](C)CO[C@@H]2O[C@@H](C)[C@H](O)[C@@H](O)[C@H]2O)O[C@H]2C[C@H]3[C@@H]4CC=C5C[C@@H](O)C[C@@H](O[C@@H]6O[C@H](CO)[C@H](O)[C@H](O)[C@H]6O)[C@]5(C)[C@H]4CC[C@]3(C)[C@H]2[C@@H]1C. The molecule has 7 rings (SSSR count). The number of fused-ring (bicyclic) bond motifs is 7. The van der Waals surface area contributed by atoms with E-state index in [2.05, 4.69) is 33.8 Å². The van der Waals surface area contributed by atoms with E-state index < -0.39 is 91.4 Å². The van der Waals surface area contributed by atoms with Crippen molar-refractivity contribution in [2.45, 2.75) is 171 Å². The number of aliphatic hydroxyl groups is 8. The molecule has 3 saturated carbocycles. The maximum atomic E-state index is 11.0. The molecular formula is C40H66O14. The van der Waals surface area contributed by atoms with E-state index in [0.29, 0.717) is 43.6 Å². The van der Waals surface area contributed by atoms with E-state index in [4.69, 9.17) is 28.4 Å². The summed E-state index contributed by atoms with van der Waals surface area (Å²) in [4.78, 5) is 0. The number of allylic oxidation sites excluding steroid dienone is 1. The molecule has 0 unspecified atom stereocenters. The number of methoxy groups -OCH3 is 1. The molecule has 0 bridgehead atoms. The zero-order chi connectivity index (χ0) is 39.1. The molecule has 54 heavy (non-hydrogen) atoms. The van der Waals surface area contributed by atoms with Gasteiger partial charge in [-0.2, -0.15) is 0 Å². The normalized spacial score (nSPS) is 55.0. The van der Waals surface area contributed by atoms with Crippen LogP contribution in [0.5, 0.6) is 0 Å². The summed E-state index contributed by atoms with van der Waals surface area (Å²) in [7, 11) is 1.73. The first kappa shape index (κ1) is 41.3. The zero-order valence-corrected chi connectivity index (χ0v) is 32.6. The van der Waals surface area contributed by atoms with Gasteiger partial charge < -0.3 is 69.3 Å². The Bertz CT molecular complexity index is 1350. The average molecular weight is 771 g/mol. The third-order valence-corrected chi connectivity index (χ3v) is 15.6. The van der Waals surface area contributed by atoms with Crippen molar-refractivity contribution in [3.05, 3.63) is 11.6 Å². The molecule has 14 nitrogen and oxygen atoms in total. The number of rotatable bonds is 10. The van der Waals surface area contributed by atoms with Gasteiger partial charge in [-0.05, 0) is 80.5 Å². The first-order valence-corrected chi connectivity index (χ1v) is 20.4. The third-order valence-electron chi connectivity index (χ3n) is 15.6. The van der Waals surface area contributed by atoms with Crippen molar-refractivity contribution in [2.24, 2.45) is 46.3 Å². The van der Waals surface area contributed by atoms with Gasteiger partial charge in [-0.1, -0.05) is 39.3 Å². The van der Waals surface area contributed by atoms with Crippen LogP contribution in [0, 0.1) is 46.3 Å². The van der Waals surface area contributed by atoms with E-state index in [0.717, 1.165) is 37.7 Å². The lowest BCUT2D eigenvalue weighted by Crippen LogP contribution is -2.62. The van der Waals surface area contributed by atoms with Crippen LogP contribution in [0.4, 0.5) is 0 Å². The second-order valence-electron chi connectivity index (χ2n) is 18.5. The summed E-state index contributed by atoms with van der Waals surface area (Å²) in [6, 6.07) is 0. The molecule has 6 fully saturated rings. The fourth-order valence-corrected chi connectivity index (χ4v) is 12.5. The molecule has 4 aliphatic carbocycles. The Morgan fingerprint density at radius 3 is 2.30 bits per heavy atom. The lowest BCUT2D eigenvalue weighted by Gasteiger charge is -2.60. The van der Waals surface area contributed by atoms with Gasteiger partial charge in [0.05, 0.1) is 37.6 Å². The monoisotopic (exact) mass is 770 g/mol. The van der Waals surface area contributed by atoms with E-state index in [1.54, 1.807) is 14.0 Å². The predicted molar refractivity (Wildman–Crippen MR) is 191 cm³/mol. The number of hydrogen-bond acceptors (Lipinski definition) is 14. The Morgan fingerprint density at radius 2 is 1.59 bits per heavy atom. The van der Waals surface area contributed by atoms with Crippen molar-refractivity contribution in [1.29, 1.82) is 0 Å². The summed E-state index contributed by atoms with van der Waals surface area (Å²) >= 11 is 0. The molecule has 0 aromatic heterocycles. The Hall–Kier alpha value is -0.820. The fraction of sp³-hybridized carbons (Fsp3) is 0.950. The molecule has 14 heteroatoms. The largest absolute Gasteiger partial charge is 0.394 e. The molecule has 3 aliphatic heterocycles. The Morgan fingerprint density at radius 1 is 0.889 bits per heavy atom. The third kappa shape index (κ3) is 6.65. The molecule has 0 aromatic carbocycles. The van der Waals surface area contributed by atoms with Crippen molar-refractivity contribution >= 4 is 0 Å². The molecule has 0 amide bonds. The van der Waals surface area contributed by atoms with Crippen LogP contribution in [-0.2, 0) is 28.4 Å². The van der Waals surface area contributed by atoms with E-state index in [1.807, 2.05) is 0 Å². The van der Waals surface area contributed by atoms with Crippen molar-refractivity contribution in [3.63, 3.8) is 0 Å². The molecule has 0 spiro atoms. The number of hydrogen-bond donors (Lipinski definition) is 8. The summed E-state index contributed by atoms with van der Waals surface area (Å²) in [6.07, 6.45) is -5.10. The van der Waals surface area contributed by atoms with Gasteiger partial charge in [-0.15, -0.1) is 0 Å². The smallest absolute Gasteiger partial charge is 0.187 e. The van der Waals surface area contributed by atoms with Crippen molar-refractivity contribution in [3.8, 4) is 0 Å². The lowest BCUT2D eigenvalue weighted by atomic mass is 9.46. The van der Waals surface area contributed by atoms with Gasteiger partial charge in [-0.25, -0.2) is 0 Å². The molecule has 8 N–H and O–H groups in total. The summed E-state index contributed by atoms with van der Waals surface area (Å²) in [5.41, 5.74) is 0.725. The molecule has 7 aliphatic rings. The summed E-state index contributed by atoms with van der Waals surface area (Å²) < 4.78 is 37.1. The number of ether oxygens (including phenoxy) is 6. The van der Waals surface area contributed by atoms with Gasteiger partial charge in [-0.3, -0.25) is 0 Å². The van der Waals surface area contributed by atoms with Crippen molar-refractivity contribution in [1.82, 2.24) is 0 Å². The van der Waals surface area contributed by atoms with Gasteiger partial charge in [0.15, 0.2) is 18.4 Å². The Labute approximate surface area is 318 Å². The highest BCUT2D eigenvalue weighted by Gasteiger charge is 2.69. The van der Waals surface area contributed by atoms with Gasteiger partial charge in [0, 0.05) is 31.3 Å². The predicted octanol–water partition coefficient (Wildman–Crippen LogP) is 0.969. The Balaban J connectivity index is 1.03. The van der Waals surface area contributed by atoms with Crippen LogP contribution in [0.2, 0.25) is 0 Å². The zero-order valence-electron chi connectivity index (χ0n) is 32.6. The minimum absolute atomic E-state index is 0.0142. The molecule has 0 aromatic rings. The first-order chi connectivity index (χ1) is 25.5. The van der Waals surface area contributed by atoms with Gasteiger partial charge in [0.1, 0.15) is 42.7 Å². The minimum Gasteiger partial charge on any atom is -0.394 e. The van der Waals surface area contributed by atoms with Crippen LogP contribution in [0.1, 0.15) is 86.0 Å². The summed E-state index contributed by atoms with van der Waals surface area (Å²) in [6.45, 7) is 10.4.